The first-order valence-corrected chi connectivity index (χ1v) is 10.3. The van der Waals surface area contributed by atoms with Gasteiger partial charge in [0.2, 0.25) is 0 Å². The van der Waals surface area contributed by atoms with Crippen molar-refractivity contribution in [2.75, 3.05) is 20.1 Å². The maximum atomic E-state index is 13.4. The van der Waals surface area contributed by atoms with Crippen LogP contribution in [-0.2, 0) is 4.79 Å². The van der Waals surface area contributed by atoms with Gasteiger partial charge in [-0.25, -0.2) is 0 Å². The molecule has 1 fully saturated rings. The molecule has 4 aromatic carbocycles. The topological polar surface area (TPSA) is 20.3 Å². The zero-order valence-electron chi connectivity index (χ0n) is 17.0. The Kier molecular flexibility index (Phi) is 4.78. The number of likely N-dealkylation sites (tertiary alicyclic amines) is 1. The number of piperidine rings is 1. The van der Waals surface area contributed by atoms with Gasteiger partial charge in [0.15, 0.2) is 5.78 Å². The zero-order valence-corrected chi connectivity index (χ0v) is 17.0. The van der Waals surface area contributed by atoms with E-state index in [0.717, 1.165) is 22.3 Å². The molecule has 2 nitrogen and oxygen atoms in total. The lowest BCUT2D eigenvalue weighted by Gasteiger charge is -2.26. The third-order valence-electron chi connectivity index (χ3n) is 5.77. The van der Waals surface area contributed by atoms with E-state index in [0.29, 0.717) is 13.1 Å². The number of nitrogens with zero attached hydrogens (tertiary/aromatic N) is 1. The molecule has 0 spiro atoms. The van der Waals surface area contributed by atoms with Crippen LogP contribution < -0.4 is 0 Å². The molecule has 0 N–H and O–H groups in total. The predicted molar refractivity (Wildman–Crippen MR) is 126 cm³/mol. The number of likely N-dealkylation sites (N-methyl/N-ethyl adjacent to an activating group) is 1. The molecule has 0 amide bonds. The number of carbonyl (C=O) groups excluding carboxylic acids is 1. The van der Waals surface area contributed by atoms with Crippen molar-refractivity contribution in [1.82, 2.24) is 4.90 Å². The van der Waals surface area contributed by atoms with Crippen molar-refractivity contribution in [3.05, 3.63) is 107 Å². The summed E-state index contributed by atoms with van der Waals surface area (Å²) in [4.78, 5) is 15.6. The van der Waals surface area contributed by atoms with Crippen molar-refractivity contribution >= 4 is 39.5 Å². The molecule has 146 valence electrons. The summed E-state index contributed by atoms with van der Waals surface area (Å²) >= 11 is 0. The van der Waals surface area contributed by atoms with Crippen molar-refractivity contribution in [3.8, 4) is 0 Å². The third-order valence-corrected chi connectivity index (χ3v) is 5.77. The Bertz CT molecular complexity index is 1220. The summed E-state index contributed by atoms with van der Waals surface area (Å²) in [5, 5.41) is 4.73. The molecule has 1 saturated heterocycles. The van der Waals surface area contributed by atoms with Crippen LogP contribution in [0.3, 0.4) is 0 Å². The van der Waals surface area contributed by atoms with Crippen LogP contribution in [-0.4, -0.2) is 30.8 Å². The molecule has 1 aliphatic rings. The fourth-order valence-corrected chi connectivity index (χ4v) is 4.34. The minimum absolute atomic E-state index is 0.147. The second-order valence-corrected chi connectivity index (χ2v) is 7.98. The van der Waals surface area contributed by atoms with Crippen LogP contribution in [0.15, 0.2) is 96.1 Å². The molecule has 5 rings (SSSR count). The van der Waals surface area contributed by atoms with Crippen LogP contribution >= 0.6 is 0 Å². The van der Waals surface area contributed by atoms with Gasteiger partial charge in [0.05, 0.1) is 0 Å². The molecular formula is C28H23NO. The molecule has 0 bridgehead atoms. The monoisotopic (exact) mass is 389 g/mol. The van der Waals surface area contributed by atoms with E-state index in [-0.39, 0.29) is 5.78 Å². The van der Waals surface area contributed by atoms with E-state index in [1.165, 1.54) is 21.5 Å². The molecule has 0 aromatic heterocycles. The average Bonchev–Trinajstić information content (AvgIpc) is 2.77. The maximum absolute atomic E-state index is 13.4. The lowest BCUT2D eigenvalue weighted by molar-refractivity contribution is -0.113. The standard InChI is InChI=1S/C28H23NO/c1-29-18-24(16-22-12-6-10-20-8-2-4-14-26(20)22)28(30)25(19-29)17-23-13-7-11-21-9-3-5-15-27(21)23/h2-17H,18-19H2,1H3/b24-16-,25-17-. The second kappa shape index (κ2) is 7.74. The highest BCUT2D eigenvalue weighted by Gasteiger charge is 2.24. The van der Waals surface area contributed by atoms with Gasteiger partial charge in [0.25, 0.3) is 0 Å². The summed E-state index contributed by atoms with van der Waals surface area (Å²) in [7, 11) is 2.07. The van der Waals surface area contributed by atoms with Crippen LogP contribution in [0.25, 0.3) is 33.7 Å². The molecule has 0 aliphatic carbocycles. The van der Waals surface area contributed by atoms with Gasteiger partial charge in [-0.2, -0.15) is 0 Å². The number of carbonyl (C=O) groups is 1. The predicted octanol–water partition coefficient (Wildman–Crippen LogP) is 5.97. The Morgan fingerprint density at radius 2 is 1.07 bits per heavy atom. The Labute approximate surface area is 176 Å². The van der Waals surface area contributed by atoms with E-state index in [2.05, 4.69) is 84.8 Å². The summed E-state index contributed by atoms with van der Waals surface area (Å²) in [6, 6.07) is 29.1. The molecule has 0 radical (unpaired) electrons. The van der Waals surface area contributed by atoms with Crippen molar-refractivity contribution < 1.29 is 4.79 Å². The summed E-state index contributed by atoms with van der Waals surface area (Å²) in [6.45, 7) is 1.32. The van der Waals surface area contributed by atoms with Gasteiger partial charge in [-0.3, -0.25) is 9.69 Å². The molecule has 2 heteroatoms. The number of hydrogen-bond acceptors (Lipinski definition) is 2. The zero-order chi connectivity index (χ0) is 20.5. The molecule has 0 atom stereocenters. The van der Waals surface area contributed by atoms with Gasteiger partial charge >= 0.3 is 0 Å². The highest BCUT2D eigenvalue weighted by atomic mass is 16.1. The van der Waals surface area contributed by atoms with Crippen molar-refractivity contribution in [2.45, 2.75) is 0 Å². The quantitative estimate of drug-likeness (QED) is 0.393. The van der Waals surface area contributed by atoms with Gasteiger partial charge in [0.1, 0.15) is 0 Å². The van der Waals surface area contributed by atoms with Crippen LogP contribution in [0.4, 0.5) is 0 Å². The molecule has 1 heterocycles. The Hall–Kier alpha value is -3.49. The first-order chi connectivity index (χ1) is 14.7. The number of hydrogen-bond donors (Lipinski definition) is 0. The largest absolute Gasteiger partial charge is 0.298 e. The SMILES string of the molecule is CN1C/C(=C/c2cccc3ccccc23)C(=O)/C(=C\c2cccc3ccccc23)C1. The average molecular weight is 389 g/mol. The number of benzene rings is 4. The summed E-state index contributed by atoms with van der Waals surface area (Å²) < 4.78 is 0. The van der Waals surface area contributed by atoms with Gasteiger partial charge < -0.3 is 0 Å². The minimum atomic E-state index is 0.147. The summed E-state index contributed by atoms with van der Waals surface area (Å²) in [6.07, 6.45) is 4.13. The van der Waals surface area contributed by atoms with E-state index >= 15 is 0 Å². The minimum Gasteiger partial charge on any atom is -0.298 e. The molecular weight excluding hydrogens is 366 g/mol. The van der Waals surface area contributed by atoms with Gasteiger partial charge in [-0.15, -0.1) is 0 Å². The van der Waals surface area contributed by atoms with Crippen molar-refractivity contribution in [2.24, 2.45) is 0 Å². The maximum Gasteiger partial charge on any atom is 0.187 e. The van der Waals surface area contributed by atoms with Crippen molar-refractivity contribution in [1.29, 1.82) is 0 Å². The molecule has 0 unspecified atom stereocenters. The fourth-order valence-electron chi connectivity index (χ4n) is 4.34. The number of Topliss-reactive ketones (excluding diaryl/α,β-unsaturated/α-hetero) is 1. The number of rotatable bonds is 2. The molecule has 1 aliphatic heterocycles. The Morgan fingerprint density at radius 3 is 1.57 bits per heavy atom. The van der Waals surface area contributed by atoms with Crippen LogP contribution in [0, 0.1) is 0 Å². The first-order valence-electron chi connectivity index (χ1n) is 10.3. The third kappa shape index (κ3) is 3.47. The Balaban J connectivity index is 1.58. The van der Waals surface area contributed by atoms with Crippen LogP contribution in [0.2, 0.25) is 0 Å². The normalized spacial score (nSPS) is 18.0. The van der Waals surface area contributed by atoms with Crippen LogP contribution in [0.5, 0.6) is 0 Å². The van der Waals surface area contributed by atoms with E-state index in [1.807, 2.05) is 24.3 Å². The molecule has 30 heavy (non-hydrogen) atoms. The Morgan fingerprint density at radius 1 is 0.633 bits per heavy atom. The second-order valence-electron chi connectivity index (χ2n) is 7.98. The van der Waals surface area contributed by atoms with E-state index in [4.69, 9.17) is 0 Å². The van der Waals surface area contributed by atoms with Gasteiger partial charge in [-0.05, 0) is 51.9 Å². The van der Waals surface area contributed by atoms with E-state index in [9.17, 15) is 4.79 Å². The highest BCUT2D eigenvalue weighted by Crippen LogP contribution is 2.27. The van der Waals surface area contributed by atoms with E-state index in [1.54, 1.807) is 0 Å². The summed E-state index contributed by atoms with van der Waals surface area (Å²) in [5.74, 6) is 0.147. The lowest BCUT2D eigenvalue weighted by Crippen LogP contribution is -2.34. The van der Waals surface area contributed by atoms with Gasteiger partial charge in [0, 0.05) is 24.2 Å². The lowest BCUT2D eigenvalue weighted by atomic mass is 9.92. The molecule has 0 saturated carbocycles. The summed E-state index contributed by atoms with van der Waals surface area (Å²) in [5.41, 5.74) is 3.87. The smallest absolute Gasteiger partial charge is 0.187 e. The number of fused-ring (bicyclic) bond motifs is 2. The fraction of sp³-hybridized carbons (Fsp3) is 0.107. The van der Waals surface area contributed by atoms with Crippen LogP contribution in [0.1, 0.15) is 11.1 Å². The number of ketones is 1. The highest BCUT2D eigenvalue weighted by molar-refractivity contribution is 6.16. The molecule has 4 aromatic rings. The van der Waals surface area contributed by atoms with Crippen molar-refractivity contribution in [3.63, 3.8) is 0 Å². The van der Waals surface area contributed by atoms with Gasteiger partial charge in [-0.1, -0.05) is 84.9 Å². The van der Waals surface area contributed by atoms with E-state index < -0.39 is 0 Å². The first kappa shape index (κ1) is 18.5.